The van der Waals surface area contributed by atoms with E-state index in [4.69, 9.17) is 9.82 Å². The van der Waals surface area contributed by atoms with E-state index in [9.17, 15) is 14.4 Å². The zero-order chi connectivity index (χ0) is 22.2. The molecule has 1 aliphatic carbocycles. The van der Waals surface area contributed by atoms with Gasteiger partial charge in [0.2, 0.25) is 0 Å². The second-order valence-electron chi connectivity index (χ2n) is 7.48. The molecule has 10 nitrogen and oxygen atoms in total. The fourth-order valence-corrected chi connectivity index (χ4v) is 3.54. The Balaban J connectivity index is 1.75. The number of aromatic nitrogens is 6. The van der Waals surface area contributed by atoms with Crippen molar-refractivity contribution in [3.05, 3.63) is 64.8 Å². The van der Waals surface area contributed by atoms with Gasteiger partial charge in [0.25, 0.3) is 0 Å². The van der Waals surface area contributed by atoms with Crippen molar-refractivity contribution in [2.75, 3.05) is 0 Å². The van der Waals surface area contributed by atoms with Gasteiger partial charge in [-0.1, -0.05) is 30.3 Å². The lowest BCUT2D eigenvalue weighted by atomic mass is 10.1. The van der Waals surface area contributed by atoms with Crippen LogP contribution in [0.1, 0.15) is 36.2 Å². The molecule has 1 fully saturated rings. The second kappa shape index (κ2) is 7.73. The summed E-state index contributed by atoms with van der Waals surface area (Å²) < 4.78 is 1.50. The molecule has 32 heavy (non-hydrogen) atoms. The number of H-pyrrole nitrogens is 1. The average molecular weight is 430 g/mol. The number of benzene rings is 1. The summed E-state index contributed by atoms with van der Waals surface area (Å²) in [7, 11) is 0. The van der Waals surface area contributed by atoms with E-state index in [1.54, 1.807) is 12.3 Å². The van der Waals surface area contributed by atoms with Gasteiger partial charge in [0.05, 0.1) is 0 Å². The first-order chi connectivity index (χ1) is 15.6. The first-order valence-corrected chi connectivity index (χ1v) is 10.0. The van der Waals surface area contributed by atoms with Crippen molar-refractivity contribution >= 4 is 12.3 Å². The number of pyridine rings is 1. The van der Waals surface area contributed by atoms with Crippen molar-refractivity contribution in [3.8, 4) is 34.2 Å². The fraction of sp³-hybridized carbons (Fsp3) is 0.182. The predicted octanol–water partition coefficient (Wildman–Crippen LogP) is 2.29. The molecule has 1 aliphatic rings. The predicted molar refractivity (Wildman–Crippen MR) is 114 cm³/mol. The van der Waals surface area contributed by atoms with Crippen LogP contribution in [0.3, 0.4) is 0 Å². The van der Waals surface area contributed by atoms with Gasteiger partial charge in [0.15, 0.2) is 11.6 Å². The van der Waals surface area contributed by atoms with Crippen LogP contribution in [0.2, 0.25) is 0 Å². The van der Waals surface area contributed by atoms with Crippen molar-refractivity contribution in [2.45, 2.75) is 25.8 Å². The summed E-state index contributed by atoms with van der Waals surface area (Å²) in [5.41, 5.74) is 2.25. The number of Topliss-reactive ketones (excluding diaryl/α,β-unsaturated/α-hetero) is 1. The number of nitrogens with one attached hydrogen (secondary N) is 1. The van der Waals surface area contributed by atoms with E-state index in [1.807, 2.05) is 30.3 Å². The number of carbonyl (C=O) groups is 2. The van der Waals surface area contributed by atoms with Gasteiger partial charge in [0.1, 0.15) is 17.2 Å². The molecule has 1 aromatic carbocycles. The van der Waals surface area contributed by atoms with Crippen LogP contribution in [-0.2, 0) is 4.79 Å². The molecule has 5 rings (SSSR count). The zero-order valence-corrected chi connectivity index (χ0v) is 17.1. The van der Waals surface area contributed by atoms with Crippen molar-refractivity contribution in [3.63, 3.8) is 0 Å². The lowest BCUT2D eigenvalue weighted by molar-refractivity contribution is -0.131. The van der Waals surface area contributed by atoms with E-state index in [0.29, 0.717) is 33.2 Å². The molecule has 3 heterocycles. The third-order valence-corrected chi connectivity index (χ3v) is 5.23. The number of hydrogen-bond donors (Lipinski definition) is 1. The maximum atomic E-state index is 12.8. The first kappa shape index (κ1) is 19.6. The summed E-state index contributed by atoms with van der Waals surface area (Å²) in [6.07, 6.45) is 4.72. The highest BCUT2D eigenvalue weighted by atomic mass is 16.7. The maximum Gasteiger partial charge on any atom is 0.381 e. The summed E-state index contributed by atoms with van der Waals surface area (Å²) in [4.78, 5) is 53.2. The standard InChI is InChI=1S/C22H18N6O4/c1-13(30)15-9-16(11-23-10-15)18-19(25-20(24-18)14-5-3-2-4-6-14)21-26-28(32-12-29)22(31)27(21)17-7-8-17/h2-6,9-12,17H,7-8H2,1H3,(H,24,25). The highest BCUT2D eigenvalue weighted by Gasteiger charge is 2.33. The van der Waals surface area contributed by atoms with E-state index < -0.39 is 5.69 Å². The van der Waals surface area contributed by atoms with Crippen LogP contribution in [0.5, 0.6) is 0 Å². The second-order valence-corrected chi connectivity index (χ2v) is 7.48. The fourth-order valence-electron chi connectivity index (χ4n) is 3.54. The molecule has 0 bridgehead atoms. The summed E-state index contributed by atoms with van der Waals surface area (Å²) >= 11 is 0. The Morgan fingerprint density at radius 3 is 2.66 bits per heavy atom. The maximum absolute atomic E-state index is 12.8. The van der Waals surface area contributed by atoms with Gasteiger partial charge in [0, 0.05) is 35.1 Å². The molecule has 10 heteroatoms. The average Bonchev–Trinajstić information content (AvgIpc) is 3.46. The van der Waals surface area contributed by atoms with Crippen molar-refractivity contribution < 1.29 is 14.4 Å². The number of carbonyl (C=O) groups excluding carboxylic acids is 2. The molecule has 4 aromatic rings. The molecule has 0 aliphatic heterocycles. The summed E-state index contributed by atoms with van der Waals surface area (Å²) in [5.74, 6) is 0.722. The van der Waals surface area contributed by atoms with E-state index in [-0.39, 0.29) is 24.1 Å². The van der Waals surface area contributed by atoms with Gasteiger partial charge in [-0.05, 0) is 30.7 Å². The third-order valence-electron chi connectivity index (χ3n) is 5.23. The Morgan fingerprint density at radius 1 is 1.19 bits per heavy atom. The van der Waals surface area contributed by atoms with Crippen LogP contribution in [0.4, 0.5) is 0 Å². The molecule has 1 N–H and O–H groups in total. The number of rotatable bonds is 7. The van der Waals surface area contributed by atoms with Crippen LogP contribution in [-0.4, -0.2) is 41.7 Å². The number of ketones is 1. The smallest absolute Gasteiger partial charge is 0.335 e. The Morgan fingerprint density at radius 2 is 1.97 bits per heavy atom. The van der Waals surface area contributed by atoms with E-state index >= 15 is 0 Å². The summed E-state index contributed by atoms with van der Waals surface area (Å²) in [6.45, 7) is 1.61. The molecule has 0 saturated heterocycles. The van der Waals surface area contributed by atoms with Crippen LogP contribution in [0, 0.1) is 0 Å². The van der Waals surface area contributed by atoms with E-state index in [1.165, 1.54) is 17.7 Å². The number of imidazole rings is 1. The number of aromatic amines is 1. The van der Waals surface area contributed by atoms with Gasteiger partial charge in [-0.15, -0.1) is 5.10 Å². The minimum absolute atomic E-state index is 0.0421. The quantitative estimate of drug-likeness (QED) is 0.352. The summed E-state index contributed by atoms with van der Waals surface area (Å²) in [5, 5.41) is 4.24. The lowest BCUT2D eigenvalue weighted by Gasteiger charge is -2.05. The molecule has 160 valence electrons. The van der Waals surface area contributed by atoms with Crippen LogP contribution in [0.25, 0.3) is 34.2 Å². The van der Waals surface area contributed by atoms with E-state index in [2.05, 4.69) is 15.1 Å². The monoisotopic (exact) mass is 430 g/mol. The molecule has 0 radical (unpaired) electrons. The molecule has 1 saturated carbocycles. The molecule has 0 spiro atoms. The topological polar surface area (TPSA) is 125 Å². The number of hydrogen-bond acceptors (Lipinski definition) is 7. The highest BCUT2D eigenvalue weighted by Crippen LogP contribution is 2.39. The van der Waals surface area contributed by atoms with Crippen LogP contribution >= 0.6 is 0 Å². The third kappa shape index (κ3) is 3.41. The van der Waals surface area contributed by atoms with E-state index in [0.717, 1.165) is 18.4 Å². The zero-order valence-electron chi connectivity index (χ0n) is 17.1. The molecule has 0 amide bonds. The molecule has 0 unspecified atom stereocenters. The van der Waals surface area contributed by atoms with Gasteiger partial charge in [-0.25, -0.2) is 9.78 Å². The Labute approximate surface area is 181 Å². The molecule has 0 atom stereocenters. The van der Waals surface area contributed by atoms with Crippen molar-refractivity contribution in [1.82, 2.24) is 29.5 Å². The van der Waals surface area contributed by atoms with Gasteiger partial charge in [-0.3, -0.25) is 19.1 Å². The first-order valence-electron chi connectivity index (χ1n) is 10.0. The van der Waals surface area contributed by atoms with Crippen LogP contribution in [0.15, 0.2) is 53.6 Å². The van der Waals surface area contributed by atoms with Gasteiger partial charge >= 0.3 is 12.2 Å². The normalized spacial score (nSPS) is 13.2. The van der Waals surface area contributed by atoms with Crippen molar-refractivity contribution in [1.29, 1.82) is 0 Å². The largest absolute Gasteiger partial charge is 0.381 e. The summed E-state index contributed by atoms with van der Waals surface area (Å²) in [6, 6.07) is 11.1. The Hall–Kier alpha value is -4.34. The van der Waals surface area contributed by atoms with Gasteiger partial charge in [-0.2, -0.15) is 0 Å². The minimum atomic E-state index is -0.549. The molecular formula is C22H18N6O4. The van der Waals surface area contributed by atoms with Gasteiger partial charge < -0.3 is 9.82 Å². The Bertz CT molecular complexity index is 1380. The Kier molecular flexibility index (Phi) is 4.74. The van der Waals surface area contributed by atoms with Crippen molar-refractivity contribution in [2.24, 2.45) is 0 Å². The van der Waals surface area contributed by atoms with Crippen LogP contribution < -0.4 is 10.5 Å². The highest BCUT2D eigenvalue weighted by molar-refractivity contribution is 5.95. The SMILES string of the molecule is CC(=O)c1cncc(-c2nc(-c3ccccc3)[nH]c2-c2nn(OC=O)c(=O)n2C2CC2)c1. The minimum Gasteiger partial charge on any atom is -0.335 e. The molecule has 3 aromatic heterocycles. The molecular weight excluding hydrogens is 412 g/mol. The number of nitrogens with zero attached hydrogens (tertiary/aromatic N) is 5. The lowest BCUT2D eigenvalue weighted by Crippen LogP contribution is -2.29.